The second kappa shape index (κ2) is 11.0. The van der Waals surface area contributed by atoms with Gasteiger partial charge in [0.15, 0.2) is 6.61 Å². The number of para-hydroxylation sites is 1. The van der Waals surface area contributed by atoms with Crippen molar-refractivity contribution in [2.75, 3.05) is 25.0 Å². The molecule has 1 aromatic heterocycles. The SMILES string of the molecule is CCc1nc2ccccc2c(C(=O)OCC(=O)Nc2cc(S(=O)(=O)N(CC)CC)ccc2C)c1C. The molecule has 0 aliphatic carbocycles. The second-order valence-corrected chi connectivity index (χ2v) is 10.1. The molecule has 9 heteroatoms. The smallest absolute Gasteiger partial charge is 0.339 e. The van der Waals surface area contributed by atoms with Gasteiger partial charge in [0.25, 0.3) is 5.91 Å². The van der Waals surface area contributed by atoms with Crippen LogP contribution in [0, 0.1) is 13.8 Å². The number of esters is 1. The monoisotopic (exact) mass is 497 g/mol. The van der Waals surface area contributed by atoms with Crippen molar-refractivity contribution in [2.45, 2.75) is 45.9 Å². The topological polar surface area (TPSA) is 106 Å². The van der Waals surface area contributed by atoms with Crippen LogP contribution in [0.4, 0.5) is 5.69 Å². The summed E-state index contributed by atoms with van der Waals surface area (Å²) >= 11 is 0. The number of carbonyl (C=O) groups excluding carboxylic acids is 2. The van der Waals surface area contributed by atoms with Crippen LogP contribution in [-0.4, -0.2) is 49.3 Å². The maximum Gasteiger partial charge on any atom is 0.339 e. The number of carbonyl (C=O) groups is 2. The first kappa shape index (κ1) is 26.3. The molecule has 35 heavy (non-hydrogen) atoms. The molecule has 3 aromatic rings. The molecule has 3 rings (SSSR count). The average molecular weight is 498 g/mol. The highest BCUT2D eigenvalue weighted by Gasteiger charge is 2.23. The van der Waals surface area contributed by atoms with Crippen LogP contribution < -0.4 is 5.32 Å². The Morgan fingerprint density at radius 1 is 1.03 bits per heavy atom. The van der Waals surface area contributed by atoms with Crippen LogP contribution in [0.25, 0.3) is 10.9 Å². The van der Waals surface area contributed by atoms with E-state index in [9.17, 15) is 18.0 Å². The number of aromatic nitrogens is 1. The number of ether oxygens (including phenoxy) is 1. The lowest BCUT2D eigenvalue weighted by Crippen LogP contribution is -2.30. The Kier molecular flexibility index (Phi) is 8.24. The lowest BCUT2D eigenvalue weighted by Gasteiger charge is -2.19. The van der Waals surface area contributed by atoms with E-state index in [-0.39, 0.29) is 4.90 Å². The molecule has 0 spiro atoms. The Hall–Kier alpha value is -3.30. The predicted molar refractivity (Wildman–Crippen MR) is 136 cm³/mol. The Morgan fingerprint density at radius 2 is 1.71 bits per heavy atom. The summed E-state index contributed by atoms with van der Waals surface area (Å²) in [6.45, 7) is 9.24. The van der Waals surface area contributed by atoms with E-state index in [1.807, 2.05) is 32.0 Å². The summed E-state index contributed by atoms with van der Waals surface area (Å²) in [6.07, 6.45) is 0.656. The molecule has 0 aliphatic rings. The fraction of sp³-hybridized carbons (Fsp3) is 0.346. The van der Waals surface area contributed by atoms with Crippen molar-refractivity contribution in [2.24, 2.45) is 0 Å². The van der Waals surface area contributed by atoms with E-state index >= 15 is 0 Å². The summed E-state index contributed by atoms with van der Waals surface area (Å²) in [4.78, 5) is 30.3. The van der Waals surface area contributed by atoms with E-state index in [0.717, 1.165) is 11.3 Å². The predicted octanol–water partition coefficient (Wildman–Crippen LogP) is 4.24. The summed E-state index contributed by atoms with van der Waals surface area (Å²) < 4.78 is 32.4. The molecule has 186 valence electrons. The number of nitrogens with zero attached hydrogens (tertiary/aromatic N) is 2. The minimum Gasteiger partial charge on any atom is -0.452 e. The molecular weight excluding hydrogens is 466 g/mol. The highest BCUT2D eigenvalue weighted by Crippen LogP contribution is 2.25. The molecule has 0 saturated heterocycles. The van der Waals surface area contributed by atoms with E-state index in [2.05, 4.69) is 10.3 Å². The number of fused-ring (bicyclic) bond motifs is 1. The molecular formula is C26H31N3O5S. The van der Waals surface area contributed by atoms with Gasteiger partial charge in [0.1, 0.15) is 0 Å². The van der Waals surface area contributed by atoms with Gasteiger partial charge in [-0.2, -0.15) is 4.31 Å². The molecule has 0 saturated carbocycles. The third kappa shape index (κ3) is 5.52. The number of rotatable bonds is 9. The van der Waals surface area contributed by atoms with Crippen molar-refractivity contribution in [1.82, 2.24) is 9.29 Å². The molecule has 0 aliphatic heterocycles. The molecule has 0 radical (unpaired) electrons. The van der Waals surface area contributed by atoms with Gasteiger partial charge >= 0.3 is 5.97 Å². The zero-order valence-electron chi connectivity index (χ0n) is 20.7. The zero-order chi connectivity index (χ0) is 25.8. The van der Waals surface area contributed by atoms with E-state index in [4.69, 9.17) is 4.74 Å². The Balaban J connectivity index is 1.79. The summed E-state index contributed by atoms with van der Waals surface area (Å²) in [5, 5.41) is 3.33. The average Bonchev–Trinajstić information content (AvgIpc) is 2.84. The highest BCUT2D eigenvalue weighted by molar-refractivity contribution is 7.89. The summed E-state index contributed by atoms with van der Waals surface area (Å²) in [7, 11) is -3.68. The highest BCUT2D eigenvalue weighted by atomic mass is 32.2. The third-order valence-corrected chi connectivity index (χ3v) is 7.98. The molecule has 2 aromatic carbocycles. The number of hydrogen-bond donors (Lipinski definition) is 1. The van der Waals surface area contributed by atoms with Gasteiger partial charge in [0.05, 0.1) is 16.0 Å². The largest absolute Gasteiger partial charge is 0.452 e. The van der Waals surface area contributed by atoms with Gasteiger partial charge in [-0.05, 0) is 49.6 Å². The lowest BCUT2D eigenvalue weighted by molar-refractivity contribution is -0.119. The molecule has 8 nitrogen and oxygen atoms in total. The van der Waals surface area contributed by atoms with Gasteiger partial charge in [-0.15, -0.1) is 0 Å². The van der Waals surface area contributed by atoms with Crippen molar-refractivity contribution in [3.63, 3.8) is 0 Å². The molecule has 1 N–H and O–H groups in total. The summed E-state index contributed by atoms with van der Waals surface area (Å²) in [6, 6.07) is 11.9. The fourth-order valence-electron chi connectivity index (χ4n) is 3.96. The maximum atomic E-state index is 13.0. The molecule has 0 bridgehead atoms. The van der Waals surface area contributed by atoms with Crippen LogP contribution in [0.5, 0.6) is 0 Å². The molecule has 0 unspecified atom stereocenters. The number of pyridine rings is 1. The lowest BCUT2D eigenvalue weighted by atomic mass is 10.0. The number of amides is 1. The van der Waals surface area contributed by atoms with Crippen LogP contribution in [-0.2, 0) is 26.0 Å². The Labute approximate surface area is 206 Å². The molecule has 0 fully saturated rings. The third-order valence-electron chi connectivity index (χ3n) is 5.94. The van der Waals surface area contributed by atoms with E-state index in [0.29, 0.717) is 47.2 Å². The quantitative estimate of drug-likeness (QED) is 0.443. The standard InChI is InChI=1S/C26H31N3O5S/c1-6-21-18(5)25(20-11-9-10-12-22(20)27-21)26(31)34-16-24(30)28-23-15-19(14-13-17(23)4)35(32,33)29(7-2)8-3/h9-15H,6-8,16H2,1-5H3,(H,28,30). The van der Waals surface area contributed by atoms with Gasteiger partial charge in [-0.1, -0.05) is 45.0 Å². The first-order valence-corrected chi connectivity index (χ1v) is 13.0. The van der Waals surface area contributed by atoms with Crippen LogP contribution in [0.15, 0.2) is 47.4 Å². The number of anilines is 1. The number of benzene rings is 2. The van der Waals surface area contributed by atoms with Gasteiger partial charge in [-0.3, -0.25) is 9.78 Å². The zero-order valence-corrected chi connectivity index (χ0v) is 21.5. The van der Waals surface area contributed by atoms with Crippen LogP contribution in [0.3, 0.4) is 0 Å². The Morgan fingerprint density at radius 3 is 2.37 bits per heavy atom. The first-order chi connectivity index (χ1) is 16.6. The van der Waals surface area contributed by atoms with E-state index < -0.39 is 28.5 Å². The minimum absolute atomic E-state index is 0.0880. The van der Waals surface area contributed by atoms with Crippen LogP contribution in [0.2, 0.25) is 0 Å². The number of nitrogens with one attached hydrogen (secondary N) is 1. The maximum absolute atomic E-state index is 13.0. The number of aryl methyl sites for hydroxylation is 2. The number of sulfonamides is 1. The van der Waals surface area contributed by atoms with Crippen molar-refractivity contribution < 1.29 is 22.7 Å². The molecule has 1 heterocycles. The van der Waals surface area contributed by atoms with Crippen molar-refractivity contribution in [3.05, 3.63) is 64.8 Å². The minimum atomic E-state index is -3.68. The van der Waals surface area contributed by atoms with E-state index in [1.165, 1.54) is 16.4 Å². The van der Waals surface area contributed by atoms with Crippen molar-refractivity contribution >= 4 is 38.5 Å². The van der Waals surface area contributed by atoms with Gasteiger partial charge < -0.3 is 10.1 Å². The summed E-state index contributed by atoms with van der Waals surface area (Å²) in [5.74, 6) is -1.17. The van der Waals surface area contributed by atoms with Crippen LogP contribution >= 0.6 is 0 Å². The molecule has 1 amide bonds. The molecule has 0 atom stereocenters. The normalized spacial score (nSPS) is 11.6. The Bertz CT molecular complexity index is 1360. The summed E-state index contributed by atoms with van der Waals surface area (Å²) in [5.41, 5.74) is 3.63. The van der Waals surface area contributed by atoms with Crippen molar-refractivity contribution in [3.8, 4) is 0 Å². The number of hydrogen-bond acceptors (Lipinski definition) is 6. The second-order valence-electron chi connectivity index (χ2n) is 8.12. The van der Waals surface area contributed by atoms with Gasteiger partial charge in [-0.25, -0.2) is 13.2 Å². The first-order valence-electron chi connectivity index (χ1n) is 11.6. The van der Waals surface area contributed by atoms with Crippen molar-refractivity contribution in [1.29, 1.82) is 0 Å². The van der Waals surface area contributed by atoms with E-state index in [1.54, 1.807) is 32.9 Å². The van der Waals surface area contributed by atoms with Gasteiger partial charge in [0.2, 0.25) is 10.0 Å². The van der Waals surface area contributed by atoms with Gasteiger partial charge in [0, 0.05) is 29.9 Å². The fourth-order valence-corrected chi connectivity index (χ4v) is 5.45. The van der Waals surface area contributed by atoms with Crippen LogP contribution in [0.1, 0.15) is 48.0 Å².